The first kappa shape index (κ1) is 6.85. The minimum Gasteiger partial charge on any atom is -0.325 e. The summed E-state index contributed by atoms with van der Waals surface area (Å²) in [4.78, 5) is 14.6. The number of aromatic nitrogens is 2. The molecule has 0 saturated heterocycles. The van der Waals surface area contributed by atoms with Crippen LogP contribution in [0.4, 0.5) is 0 Å². The highest BCUT2D eigenvalue weighted by Gasteiger charge is 2.18. The lowest BCUT2D eigenvalue weighted by Gasteiger charge is -1.95. The zero-order valence-corrected chi connectivity index (χ0v) is 6.64. The van der Waals surface area contributed by atoms with Crippen molar-refractivity contribution in [2.24, 2.45) is 0 Å². The van der Waals surface area contributed by atoms with Gasteiger partial charge in [-0.2, -0.15) is 0 Å². The number of carbonyl (C=O) groups excluding carboxylic acids is 1. The van der Waals surface area contributed by atoms with Crippen molar-refractivity contribution in [3.8, 4) is 0 Å². The molecule has 0 amide bonds. The van der Waals surface area contributed by atoms with E-state index in [-0.39, 0.29) is 0 Å². The second kappa shape index (κ2) is 2.34. The molecular formula is C7H7ClN2O. The molecule has 0 radical (unpaired) electrons. The Hall–Kier alpha value is -0.830. The molecule has 0 N–H and O–H groups in total. The molecule has 0 aromatic carbocycles. The number of hydrogen-bond acceptors (Lipinski definition) is 2. The number of fused-ring (bicyclic) bond motifs is 1. The van der Waals surface area contributed by atoms with Gasteiger partial charge in [-0.25, -0.2) is 4.98 Å². The van der Waals surface area contributed by atoms with Gasteiger partial charge in [0.25, 0.3) is 0 Å². The van der Waals surface area contributed by atoms with E-state index in [0.717, 1.165) is 31.5 Å². The van der Waals surface area contributed by atoms with Gasteiger partial charge in [0.1, 0.15) is 11.5 Å². The number of hydrogen-bond donors (Lipinski definition) is 0. The molecule has 11 heavy (non-hydrogen) atoms. The van der Waals surface area contributed by atoms with Crippen molar-refractivity contribution >= 4 is 17.9 Å². The molecule has 0 atom stereocenters. The van der Waals surface area contributed by atoms with Gasteiger partial charge in [0, 0.05) is 13.0 Å². The molecule has 3 nitrogen and oxygen atoms in total. The molecule has 2 heterocycles. The van der Waals surface area contributed by atoms with E-state index in [1.807, 2.05) is 4.57 Å². The van der Waals surface area contributed by atoms with E-state index in [0.29, 0.717) is 10.8 Å². The van der Waals surface area contributed by atoms with Gasteiger partial charge in [-0.3, -0.25) is 4.79 Å². The molecule has 2 rings (SSSR count). The molecule has 1 aromatic heterocycles. The summed E-state index contributed by atoms with van der Waals surface area (Å²) in [7, 11) is 0. The normalized spacial score (nSPS) is 15.0. The average Bonchev–Trinajstić information content (AvgIpc) is 2.46. The quantitative estimate of drug-likeness (QED) is 0.596. The van der Waals surface area contributed by atoms with E-state index < -0.39 is 0 Å². The highest BCUT2D eigenvalue weighted by Crippen LogP contribution is 2.21. The van der Waals surface area contributed by atoms with Gasteiger partial charge >= 0.3 is 0 Å². The molecule has 0 fully saturated rings. The summed E-state index contributed by atoms with van der Waals surface area (Å²) in [6.45, 7) is 0.878. The summed E-state index contributed by atoms with van der Waals surface area (Å²) < 4.78 is 1.88. The van der Waals surface area contributed by atoms with E-state index >= 15 is 0 Å². The Bertz CT molecular complexity index is 306. The predicted octanol–water partition coefficient (Wildman–Crippen LogP) is 1.30. The van der Waals surface area contributed by atoms with Crippen LogP contribution in [0.1, 0.15) is 22.7 Å². The van der Waals surface area contributed by atoms with E-state index in [4.69, 9.17) is 11.6 Å². The van der Waals surface area contributed by atoms with Crippen molar-refractivity contribution in [1.29, 1.82) is 0 Å². The van der Waals surface area contributed by atoms with Gasteiger partial charge in [0.15, 0.2) is 11.4 Å². The zero-order valence-electron chi connectivity index (χ0n) is 5.88. The summed E-state index contributed by atoms with van der Waals surface area (Å²) in [6, 6.07) is 0. The fourth-order valence-electron chi connectivity index (χ4n) is 1.43. The molecule has 1 aliphatic heterocycles. The van der Waals surface area contributed by atoms with Crippen LogP contribution in [0.5, 0.6) is 0 Å². The lowest BCUT2D eigenvalue weighted by Crippen LogP contribution is -1.97. The second-order valence-electron chi connectivity index (χ2n) is 2.58. The predicted molar refractivity (Wildman–Crippen MR) is 40.9 cm³/mol. The number of rotatable bonds is 1. The van der Waals surface area contributed by atoms with Crippen LogP contribution in [-0.4, -0.2) is 15.8 Å². The molecule has 4 heteroatoms. The van der Waals surface area contributed by atoms with Gasteiger partial charge in [0.2, 0.25) is 0 Å². The maximum absolute atomic E-state index is 10.5. The standard InChI is InChI=1S/C7H7ClN2O/c8-7-5(4-11)10-3-1-2-6(10)9-7/h4H,1-3H2. The molecule has 0 unspecified atom stereocenters. The maximum atomic E-state index is 10.5. The van der Waals surface area contributed by atoms with Gasteiger partial charge in [-0.05, 0) is 6.42 Å². The molecular weight excluding hydrogens is 164 g/mol. The largest absolute Gasteiger partial charge is 0.325 e. The Balaban J connectivity index is 2.60. The first-order valence-electron chi connectivity index (χ1n) is 3.53. The molecule has 0 saturated carbocycles. The van der Waals surface area contributed by atoms with Crippen molar-refractivity contribution in [2.45, 2.75) is 19.4 Å². The van der Waals surface area contributed by atoms with Crippen LogP contribution in [0.25, 0.3) is 0 Å². The molecule has 0 bridgehead atoms. The van der Waals surface area contributed by atoms with Crippen LogP contribution in [-0.2, 0) is 13.0 Å². The van der Waals surface area contributed by atoms with E-state index in [1.54, 1.807) is 0 Å². The van der Waals surface area contributed by atoms with Gasteiger partial charge < -0.3 is 4.57 Å². The average molecular weight is 171 g/mol. The smallest absolute Gasteiger partial charge is 0.169 e. The van der Waals surface area contributed by atoms with Crippen LogP contribution < -0.4 is 0 Å². The Kier molecular flexibility index (Phi) is 1.46. The Morgan fingerprint density at radius 2 is 2.45 bits per heavy atom. The summed E-state index contributed by atoms with van der Waals surface area (Å²) in [6.07, 6.45) is 2.78. The Morgan fingerprint density at radius 3 is 3.18 bits per heavy atom. The number of imidazole rings is 1. The van der Waals surface area contributed by atoms with E-state index in [2.05, 4.69) is 4.98 Å². The van der Waals surface area contributed by atoms with Crippen molar-refractivity contribution in [3.63, 3.8) is 0 Å². The second-order valence-corrected chi connectivity index (χ2v) is 2.94. The van der Waals surface area contributed by atoms with Gasteiger partial charge in [0.05, 0.1) is 0 Å². The molecule has 1 aromatic rings. The minimum absolute atomic E-state index is 0.342. The van der Waals surface area contributed by atoms with Gasteiger partial charge in [-0.1, -0.05) is 11.6 Å². The number of aldehydes is 1. The number of nitrogens with zero attached hydrogens (tertiary/aromatic N) is 2. The molecule has 1 aliphatic rings. The van der Waals surface area contributed by atoms with Crippen LogP contribution >= 0.6 is 11.6 Å². The van der Waals surface area contributed by atoms with Crippen molar-refractivity contribution in [1.82, 2.24) is 9.55 Å². The zero-order chi connectivity index (χ0) is 7.84. The fraction of sp³-hybridized carbons (Fsp3) is 0.429. The Labute approximate surface area is 69.0 Å². The minimum atomic E-state index is 0.342. The first-order chi connectivity index (χ1) is 5.33. The number of aryl methyl sites for hydroxylation is 1. The third-order valence-electron chi connectivity index (χ3n) is 1.93. The first-order valence-corrected chi connectivity index (χ1v) is 3.91. The summed E-state index contributed by atoms with van der Waals surface area (Å²) in [5.74, 6) is 0.942. The van der Waals surface area contributed by atoms with Crippen molar-refractivity contribution < 1.29 is 4.79 Å². The fourth-order valence-corrected chi connectivity index (χ4v) is 1.67. The van der Waals surface area contributed by atoms with Crippen LogP contribution in [0.3, 0.4) is 0 Å². The van der Waals surface area contributed by atoms with Crippen LogP contribution in [0.2, 0.25) is 5.15 Å². The Morgan fingerprint density at radius 1 is 1.64 bits per heavy atom. The molecule has 58 valence electrons. The van der Waals surface area contributed by atoms with E-state index in [9.17, 15) is 4.79 Å². The number of halogens is 1. The van der Waals surface area contributed by atoms with Crippen LogP contribution in [0.15, 0.2) is 0 Å². The lowest BCUT2D eigenvalue weighted by molar-refractivity contribution is 0.111. The third kappa shape index (κ3) is 0.878. The summed E-state index contributed by atoms with van der Waals surface area (Å²) in [5, 5.41) is 0.342. The summed E-state index contributed by atoms with van der Waals surface area (Å²) >= 11 is 5.70. The highest BCUT2D eigenvalue weighted by atomic mass is 35.5. The van der Waals surface area contributed by atoms with Crippen molar-refractivity contribution in [2.75, 3.05) is 0 Å². The van der Waals surface area contributed by atoms with Crippen molar-refractivity contribution in [3.05, 3.63) is 16.7 Å². The topological polar surface area (TPSA) is 34.9 Å². The van der Waals surface area contributed by atoms with Crippen LogP contribution in [0, 0.1) is 0 Å². The monoisotopic (exact) mass is 170 g/mol. The lowest BCUT2D eigenvalue weighted by atomic mass is 10.4. The maximum Gasteiger partial charge on any atom is 0.169 e. The highest BCUT2D eigenvalue weighted by molar-refractivity contribution is 6.31. The van der Waals surface area contributed by atoms with E-state index in [1.165, 1.54) is 0 Å². The summed E-state index contributed by atoms with van der Waals surface area (Å²) in [5.41, 5.74) is 0.527. The SMILES string of the molecule is O=Cc1c(Cl)nc2n1CCC2. The van der Waals surface area contributed by atoms with Gasteiger partial charge in [-0.15, -0.1) is 0 Å². The molecule has 0 spiro atoms. The third-order valence-corrected chi connectivity index (χ3v) is 2.21. The molecule has 0 aliphatic carbocycles. The number of carbonyl (C=O) groups is 1.